The Bertz CT molecular complexity index is 331. The van der Waals surface area contributed by atoms with Crippen molar-refractivity contribution in [2.75, 3.05) is 6.61 Å². The summed E-state index contributed by atoms with van der Waals surface area (Å²) < 4.78 is 7.90. The molecule has 0 bridgehead atoms. The maximum absolute atomic E-state index is 6.42. The minimum absolute atomic E-state index is 0.125. The second-order valence-electron chi connectivity index (χ2n) is 4.25. The molecular weight excluding hydrogens is 214 g/mol. The van der Waals surface area contributed by atoms with E-state index in [2.05, 4.69) is 25.9 Å². The molecule has 0 spiro atoms. The van der Waals surface area contributed by atoms with Gasteiger partial charge in [-0.1, -0.05) is 13.8 Å². The Balaban J connectivity index is 3.02. The highest BCUT2D eigenvalue weighted by atomic mass is 16.5. The molecule has 4 nitrogen and oxygen atoms in total. The van der Waals surface area contributed by atoms with Gasteiger partial charge in [0.15, 0.2) is 0 Å². The number of aromatic nitrogens is 2. The predicted molar refractivity (Wildman–Crippen MR) is 69.8 cm³/mol. The molecule has 98 valence electrons. The Morgan fingerprint density at radius 3 is 2.47 bits per heavy atom. The number of nitrogens with two attached hydrogens (primary N) is 1. The van der Waals surface area contributed by atoms with Crippen LogP contribution in [0.2, 0.25) is 0 Å². The zero-order valence-electron chi connectivity index (χ0n) is 11.4. The number of ether oxygens (including phenoxy) is 1. The Morgan fingerprint density at radius 2 is 2.00 bits per heavy atom. The summed E-state index contributed by atoms with van der Waals surface area (Å²) in [5, 5.41) is 4.28. The largest absolute Gasteiger partial charge is 0.373 e. The first-order chi connectivity index (χ1) is 8.15. The van der Waals surface area contributed by atoms with Crippen molar-refractivity contribution in [3.63, 3.8) is 0 Å². The maximum atomic E-state index is 6.42. The van der Waals surface area contributed by atoms with Crippen LogP contribution in [0.5, 0.6) is 0 Å². The molecule has 17 heavy (non-hydrogen) atoms. The van der Waals surface area contributed by atoms with Crippen molar-refractivity contribution >= 4 is 0 Å². The highest BCUT2D eigenvalue weighted by molar-refractivity contribution is 5.12. The van der Waals surface area contributed by atoms with Crippen LogP contribution in [0.4, 0.5) is 0 Å². The molecule has 0 aromatic carbocycles. The van der Waals surface area contributed by atoms with Crippen molar-refractivity contribution in [2.45, 2.75) is 58.7 Å². The van der Waals surface area contributed by atoms with Gasteiger partial charge in [0.25, 0.3) is 0 Å². The quantitative estimate of drug-likeness (QED) is 0.795. The van der Waals surface area contributed by atoms with Crippen molar-refractivity contribution in [3.8, 4) is 0 Å². The zero-order valence-corrected chi connectivity index (χ0v) is 11.4. The molecule has 4 heteroatoms. The SMILES string of the molecule is CCOC(CC)(CC)C(N)c1ccnn1CC. The van der Waals surface area contributed by atoms with E-state index in [1.54, 1.807) is 6.20 Å². The average molecular weight is 239 g/mol. The van der Waals surface area contributed by atoms with Gasteiger partial charge in [0.1, 0.15) is 0 Å². The normalized spacial score (nSPS) is 13.9. The Hall–Kier alpha value is -0.870. The number of hydrogen-bond acceptors (Lipinski definition) is 3. The smallest absolute Gasteiger partial charge is 0.0884 e. The first-order valence-corrected chi connectivity index (χ1v) is 6.56. The molecular formula is C13H25N3O. The van der Waals surface area contributed by atoms with Crippen LogP contribution in [0.3, 0.4) is 0 Å². The monoisotopic (exact) mass is 239 g/mol. The van der Waals surface area contributed by atoms with Crippen molar-refractivity contribution in [3.05, 3.63) is 18.0 Å². The van der Waals surface area contributed by atoms with Gasteiger partial charge in [0.2, 0.25) is 0 Å². The number of aryl methyl sites for hydroxylation is 1. The molecule has 0 saturated carbocycles. The van der Waals surface area contributed by atoms with Crippen LogP contribution in [-0.4, -0.2) is 22.0 Å². The third-order valence-electron chi connectivity index (χ3n) is 3.56. The van der Waals surface area contributed by atoms with Crippen LogP contribution in [0.15, 0.2) is 12.3 Å². The first kappa shape index (κ1) is 14.2. The summed E-state index contributed by atoms with van der Waals surface area (Å²) in [7, 11) is 0. The van der Waals surface area contributed by atoms with Crippen LogP contribution in [0.1, 0.15) is 52.3 Å². The van der Waals surface area contributed by atoms with Gasteiger partial charge in [-0.15, -0.1) is 0 Å². The molecule has 1 atom stereocenters. The van der Waals surface area contributed by atoms with Gasteiger partial charge < -0.3 is 10.5 Å². The molecule has 0 aliphatic rings. The van der Waals surface area contributed by atoms with Crippen LogP contribution < -0.4 is 5.73 Å². The molecule has 2 N–H and O–H groups in total. The summed E-state index contributed by atoms with van der Waals surface area (Å²) in [5.74, 6) is 0. The van der Waals surface area contributed by atoms with Gasteiger partial charge in [-0.25, -0.2) is 0 Å². The van der Waals surface area contributed by atoms with Crippen LogP contribution >= 0.6 is 0 Å². The summed E-state index contributed by atoms with van der Waals surface area (Å²) >= 11 is 0. The van der Waals surface area contributed by atoms with Gasteiger partial charge in [-0.05, 0) is 32.8 Å². The second-order valence-corrected chi connectivity index (χ2v) is 4.25. The third-order valence-corrected chi connectivity index (χ3v) is 3.56. The van der Waals surface area contributed by atoms with Gasteiger partial charge in [-0.3, -0.25) is 4.68 Å². The highest BCUT2D eigenvalue weighted by Crippen LogP contribution is 2.33. The molecule has 0 fully saturated rings. The van der Waals surface area contributed by atoms with E-state index in [0.717, 1.165) is 25.1 Å². The third kappa shape index (κ3) is 2.69. The fourth-order valence-electron chi connectivity index (χ4n) is 2.41. The second kappa shape index (κ2) is 6.17. The fourth-order valence-corrected chi connectivity index (χ4v) is 2.41. The molecule has 0 aliphatic carbocycles. The summed E-state index contributed by atoms with van der Waals surface area (Å²) in [6, 6.07) is 1.87. The standard InChI is InChI=1S/C13H25N3O/c1-5-13(6-2,17-8-4)12(14)11-9-10-15-16(11)7-3/h9-10,12H,5-8,14H2,1-4H3. The Labute approximate surface area is 104 Å². The molecule has 0 radical (unpaired) electrons. The number of nitrogens with zero attached hydrogens (tertiary/aromatic N) is 2. The summed E-state index contributed by atoms with van der Waals surface area (Å²) in [4.78, 5) is 0. The highest BCUT2D eigenvalue weighted by Gasteiger charge is 2.36. The van der Waals surface area contributed by atoms with Crippen molar-refractivity contribution in [2.24, 2.45) is 5.73 Å². The van der Waals surface area contributed by atoms with Crippen molar-refractivity contribution in [1.29, 1.82) is 0 Å². The molecule has 1 aromatic heterocycles. The lowest BCUT2D eigenvalue weighted by molar-refractivity contribution is -0.0662. The molecule has 1 rings (SSSR count). The Morgan fingerprint density at radius 1 is 1.35 bits per heavy atom. The summed E-state index contributed by atoms with van der Waals surface area (Å²) in [6.45, 7) is 9.88. The molecule has 0 aliphatic heterocycles. The fraction of sp³-hybridized carbons (Fsp3) is 0.769. The zero-order chi connectivity index (χ0) is 12.9. The maximum Gasteiger partial charge on any atom is 0.0884 e. The van der Waals surface area contributed by atoms with Gasteiger partial charge in [0, 0.05) is 19.3 Å². The van der Waals surface area contributed by atoms with E-state index in [9.17, 15) is 0 Å². The van der Waals surface area contributed by atoms with Gasteiger partial charge in [0.05, 0.1) is 17.3 Å². The Kier molecular flexibility index (Phi) is 5.15. The van der Waals surface area contributed by atoms with Crippen LogP contribution in [0, 0.1) is 0 Å². The molecule has 1 aromatic rings. The lowest BCUT2D eigenvalue weighted by Gasteiger charge is -2.37. The summed E-state index contributed by atoms with van der Waals surface area (Å²) in [6.07, 6.45) is 3.63. The average Bonchev–Trinajstić information content (AvgIpc) is 2.83. The lowest BCUT2D eigenvalue weighted by Crippen LogP contribution is -2.44. The summed E-state index contributed by atoms with van der Waals surface area (Å²) in [5.41, 5.74) is 7.20. The number of rotatable bonds is 7. The predicted octanol–water partition coefficient (Wildman–Crippen LogP) is 2.50. The first-order valence-electron chi connectivity index (χ1n) is 6.56. The van der Waals surface area contributed by atoms with E-state index in [-0.39, 0.29) is 11.6 Å². The molecule has 1 heterocycles. The van der Waals surface area contributed by atoms with E-state index in [0.29, 0.717) is 6.61 Å². The molecule has 0 saturated heterocycles. The molecule has 1 unspecified atom stereocenters. The van der Waals surface area contributed by atoms with E-state index < -0.39 is 0 Å². The van der Waals surface area contributed by atoms with Gasteiger partial charge >= 0.3 is 0 Å². The van der Waals surface area contributed by atoms with Crippen LogP contribution in [0.25, 0.3) is 0 Å². The van der Waals surface area contributed by atoms with Crippen molar-refractivity contribution < 1.29 is 4.74 Å². The van der Waals surface area contributed by atoms with Crippen molar-refractivity contribution in [1.82, 2.24) is 9.78 Å². The van der Waals surface area contributed by atoms with Crippen LogP contribution in [-0.2, 0) is 11.3 Å². The van der Waals surface area contributed by atoms with E-state index in [4.69, 9.17) is 10.5 Å². The molecule has 0 amide bonds. The van der Waals surface area contributed by atoms with Gasteiger partial charge in [-0.2, -0.15) is 5.10 Å². The van der Waals surface area contributed by atoms with E-state index in [1.165, 1.54) is 0 Å². The van der Waals surface area contributed by atoms with E-state index >= 15 is 0 Å². The van der Waals surface area contributed by atoms with E-state index in [1.807, 2.05) is 17.7 Å². The lowest BCUT2D eigenvalue weighted by atomic mass is 9.86. The topological polar surface area (TPSA) is 53.1 Å². The minimum atomic E-state index is -0.276. The number of hydrogen-bond donors (Lipinski definition) is 1. The minimum Gasteiger partial charge on any atom is -0.373 e.